The Balaban J connectivity index is 1.62. The Morgan fingerprint density at radius 2 is 1.65 bits per heavy atom. The number of nitrogens with one attached hydrogen (secondary N) is 1. The maximum absolute atomic E-state index is 12.9. The molecule has 1 aliphatic heterocycles. The Labute approximate surface area is 183 Å². The van der Waals surface area contributed by atoms with Gasteiger partial charge in [-0.15, -0.1) is 0 Å². The Bertz CT molecular complexity index is 1020. The van der Waals surface area contributed by atoms with Crippen LogP contribution in [0.4, 0.5) is 5.69 Å². The van der Waals surface area contributed by atoms with Gasteiger partial charge in [-0.1, -0.05) is 6.07 Å². The highest BCUT2D eigenvalue weighted by Gasteiger charge is 2.29. The predicted molar refractivity (Wildman–Crippen MR) is 119 cm³/mol. The number of carbonyl (C=O) groups is 1. The summed E-state index contributed by atoms with van der Waals surface area (Å²) in [5, 5.41) is 0. The molecule has 31 heavy (non-hydrogen) atoms. The molecule has 1 amide bonds. The number of nitrogens with zero attached hydrogens (tertiary/aromatic N) is 2. The van der Waals surface area contributed by atoms with Crippen molar-refractivity contribution in [2.75, 3.05) is 45.3 Å². The molecule has 2 aromatic carbocycles. The zero-order chi connectivity index (χ0) is 22.6. The number of hydrogen-bond donors (Lipinski definition) is 1. The van der Waals surface area contributed by atoms with Crippen molar-refractivity contribution in [2.24, 2.45) is 0 Å². The van der Waals surface area contributed by atoms with Crippen molar-refractivity contribution < 1.29 is 22.7 Å². The minimum absolute atomic E-state index is 0.0268. The second-order valence-electron chi connectivity index (χ2n) is 7.51. The molecule has 1 aliphatic rings. The van der Waals surface area contributed by atoms with E-state index in [2.05, 4.69) is 9.62 Å². The van der Waals surface area contributed by atoms with Gasteiger partial charge in [0.15, 0.2) is 0 Å². The number of hydrogen-bond acceptors (Lipinski definition) is 6. The van der Waals surface area contributed by atoms with Crippen molar-refractivity contribution in [3.63, 3.8) is 0 Å². The Morgan fingerprint density at radius 1 is 1.00 bits per heavy atom. The summed E-state index contributed by atoms with van der Waals surface area (Å²) in [5.74, 6) is 0.791. The van der Waals surface area contributed by atoms with Gasteiger partial charge in [-0.25, -0.2) is 8.42 Å². The summed E-state index contributed by atoms with van der Waals surface area (Å²) < 4.78 is 38.6. The normalized spacial score (nSPS) is 15.5. The lowest BCUT2D eigenvalue weighted by molar-refractivity contribution is -0.132. The number of methoxy groups -OCH3 is 2. The zero-order valence-electron chi connectivity index (χ0n) is 18.3. The minimum atomic E-state index is -3.91. The Kier molecular flexibility index (Phi) is 7.07. The number of piperazine rings is 1. The molecule has 1 N–H and O–H groups in total. The summed E-state index contributed by atoms with van der Waals surface area (Å²) in [6, 6.07) is 11.8. The molecule has 1 saturated heterocycles. The van der Waals surface area contributed by atoms with E-state index < -0.39 is 16.1 Å². The fourth-order valence-electron chi connectivity index (χ4n) is 3.59. The third-order valence-electron chi connectivity index (χ3n) is 5.34. The van der Waals surface area contributed by atoms with E-state index in [-0.39, 0.29) is 16.6 Å². The highest BCUT2D eigenvalue weighted by atomic mass is 32.2. The third kappa shape index (κ3) is 5.29. The predicted octanol–water partition coefficient (Wildman–Crippen LogP) is 2.03. The number of benzene rings is 2. The van der Waals surface area contributed by atoms with Crippen LogP contribution < -0.4 is 19.1 Å². The van der Waals surface area contributed by atoms with Gasteiger partial charge in [0.2, 0.25) is 15.9 Å². The van der Waals surface area contributed by atoms with Crippen LogP contribution in [0.15, 0.2) is 47.4 Å². The van der Waals surface area contributed by atoms with E-state index in [9.17, 15) is 13.2 Å². The lowest BCUT2D eigenvalue weighted by Crippen LogP contribution is -2.54. The van der Waals surface area contributed by atoms with Crippen LogP contribution in [0.25, 0.3) is 0 Å². The van der Waals surface area contributed by atoms with Gasteiger partial charge in [0.05, 0.1) is 20.3 Å². The average Bonchev–Trinajstić information content (AvgIpc) is 2.78. The SMILES string of the molecule is COc1ccc(N2CCN(C(=O)[C@@H](C)NS(=O)(=O)c3cc(C)ccc3OC)CC2)cc1. The molecule has 0 spiro atoms. The first-order valence-corrected chi connectivity index (χ1v) is 11.6. The number of ether oxygens (including phenoxy) is 2. The van der Waals surface area contributed by atoms with Crippen molar-refractivity contribution >= 4 is 21.6 Å². The summed E-state index contributed by atoms with van der Waals surface area (Å²) in [6.07, 6.45) is 0. The van der Waals surface area contributed by atoms with Gasteiger partial charge in [0, 0.05) is 31.9 Å². The second kappa shape index (κ2) is 9.57. The number of rotatable bonds is 7. The Morgan fingerprint density at radius 3 is 2.23 bits per heavy atom. The summed E-state index contributed by atoms with van der Waals surface area (Å²) in [5.41, 5.74) is 1.85. The quantitative estimate of drug-likeness (QED) is 0.699. The molecule has 0 saturated carbocycles. The van der Waals surface area contributed by atoms with Crippen molar-refractivity contribution in [2.45, 2.75) is 24.8 Å². The van der Waals surface area contributed by atoms with Crippen LogP contribution in [-0.2, 0) is 14.8 Å². The molecule has 0 unspecified atom stereocenters. The van der Waals surface area contributed by atoms with Crippen LogP contribution >= 0.6 is 0 Å². The van der Waals surface area contributed by atoms with Crippen LogP contribution in [0, 0.1) is 6.92 Å². The van der Waals surface area contributed by atoms with E-state index >= 15 is 0 Å². The molecule has 2 aromatic rings. The number of sulfonamides is 1. The van der Waals surface area contributed by atoms with E-state index in [1.165, 1.54) is 13.2 Å². The highest BCUT2D eigenvalue weighted by Crippen LogP contribution is 2.25. The maximum Gasteiger partial charge on any atom is 0.244 e. The summed E-state index contributed by atoms with van der Waals surface area (Å²) in [7, 11) is -0.868. The van der Waals surface area contributed by atoms with Crippen LogP contribution in [0.5, 0.6) is 11.5 Å². The lowest BCUT2D eigenvalue weighted by atomic mass is 10.2. The van der Waals surface area contributed by atoms with E-state index in [1.807, 2.05) is 24.3 Å². The zero-order valence-corrected chi connectivity index (χ0v) is 19.1. The maximum atomic E-state index is 12.9. The minimum Gasteiger partial charge on any atom is -0.497 e. The van der Waals surface area contributed by atoms with Crippen LogP contribution in [0.3, 0.4) is 0 Å². The highest BCUT2D eigenvalue weighted by molar-refractivity contribution is 7.89. The molecule has 9 heteroatoms. The third-order valence-corrected chi connectivity index (χ3v) is 6.90. The number of carbonyl (C=O) groups excluding carboxylic acids is 1. The van der Waals surface area contributed by atoms with Crippen LogP contribution in [0.1, 0.15) is 12.5 Å². The molecule has 0 radical (unpaired) electrons. The first-order valence-electron chi connectivity index (χ1n) is 10.1. The molecule has 1 atom stereocenters. The number of aryl methyl sites for hydroxylation is 1. The topological polar surface area (TPSA) is 88.2 Å². The monoisotopic (exact) mass is 447 g/mol. The van der Waals surface area contributed by atoms with Gasteiger partial charge in [-0.3, -0.25) is 4.79 Å². The van der Waals surface area contributed by atoms with E-state index in [0.717, 1.165) is 17.0 Å². The van der Waals surface area contributed by atoms with Gasteiger partial charge >= 0.3 is 0 Å². The summed E-state index contributed by atoms with van der Waals surface area (Å²) >= 11 is 0. The average molecular weight is 448 g/mol. The fourth-order valence-corrected chi connectivity index (χ4v) is 5.04. The van der Waals surface area contributed by atoms with Gasteiger partial charge in [0.1, 0.15) is 16.4 Å². The van der Waals surface area contributed by atoms with Gasteiger partial charge < -0.3 is 19.3 Å². The molecule has 0 aliphatic carbocycles. The molecule has 8 nitrogen and oxygen atoms in total. The van der Waals surface area contributed by atoms with Crippen LogP contribution in [-0.4, -0.2) is 65.7 Å². The van der Waals surface area contributed by atoms with Crippen molar-refractivity contribution in [1.82, 2.24) is 9.62 Å². The largest absolute Gasteiger partial charge is 0.497 e. The standard InChI is InChI=1S/C22H29N3O5S/c1-16-5-10-20(30-4)21(15-16)31(27,28)23-17(2)22(26)25-13-11-24(12-14-25)18-6-8-19(29-3)9-7-18/h5-10,15,17,23H,11-14H2,1-4H3/t17-/m1/s1. The number of amides is 1. The fraction of sp³-hybridized carbons (Fsp3) is 0.409. The van der Waals surface area contributed by atoms with Crippen molar-refractivity contribution in [3.8, 4) is 11.5 Å². The van der Waals surface area contributed by atoms with E-state index in [4.69, 9.17) is 9.47 Å². The summed E-state index contributed by atoms with van der Waals surface area (Å²) in [4.78, 5) is 16.8. The molecule has 1 fully saturated rings. The first kappa shape index (κ1) is 22.9. The number of anilines is 1. The van der Waals surface area contributed by atoms with E-state index in [0.29, 0.717) is 26.2 Å². The molecule has 0 bridgehead atoms. The molecular weight excluding hydrogens is 418 g/mol. The second-order valence-corrected chi connectivity index (χ2v) is 9.19. The first-order chi connectivity index (χ1) is 14.7. The van der Waals surface area contributed by atoms with Gasteiger partial charge in [0.25, 0.3) is 0 Å². The van der Waals surface area contributed by atoms with Gasteiger partial charge in [-0.05, 0) is 55.8 Å². The molecule has 3 rings (SSSR count). The lowest BCUT2D eigenvalue weighted by Gasteiger charge is -2.37. The van der Waals surface area contributed by atoms with Gasteiger partial charge in [-0.2, -0.15) is 4.72 Å². The molecular formula is C22H29N3O5S. The van der Waals surface area contributed by atoms with Crippen molar-refractivity contribution in [3.05, 3.63) is 48.0 Å². The van der Waals surface area contributed by atoms with E-state index in [1.54, 1.807) is 38.0 Å². The molecule has 0 aromatic heterocycles. The Hall–Kier alpha value is -2.78. The van der Waals surface area contributed by atoms with Crippen molar-refractivity contribution in [1.29, 1.82) is 0 Å². The van der Waals surface area contributed by atoms with Crippen LogP contribution in [0.2, 0.25) is 0 Å². The molecule has 1 heterocycles. The summed E-state index contributed by atoms with van der Waals surface area (Å²) in [6.45, 7) is 5.75. The smallest absolute Gasteiger partial charge is 0.244 e. The molecule has 168 valence electrons.